The molecule has 1 aromatic heterocycles. The van der Waals surface area contributed by atoms with Crippen LogP contribution in [0.5, 0.6) is 0 Å². The van der Waals surface area contributed by atoms with Crippen molar-refractivity contribution < 1.29 is 4.79 Å². The molecule has 1 amide bonds. The molecule has 6 heteroatoms. The topological polar surface area (TPSA) is 69.3 Å². The molecular weight excluding hydrogens is 304 g/mol. The van der Waals surface area contributed by atoms with Crippen LogP contribution in [0, 0.1) is 0 Å². The van der Waals surface area contributed by atoms with Crippen molar-refractivity contribution in [2.75, 3.05) is 20.1 Å². The van der Waals surface area contributed by atoms with E-state index in [-0.39, 0.29) is 17.5 Å². The number of nitrogens with zero attached hydrogens (tertiary/aromatic N) is 3. The van der Waals surface area contributed by atoms with Crippen LogP contribution in [0.2, 0.25) is 0 Å². The molecule has 1 aromatic carbocycles. The highest BCUT2D eigenvalue weighted by Crippen LogP contribution is 2.13. The number of carbonyl (C=O) groups excluding carboxylic acids is 1. The zero-order valence-electron chi connectivity index (χ0n) is 14.3. The van der Waals surface area contributed by atoms with Crippen molar-refractivity contribution in [3.8, 4) is 0 Å². The number of carbonyl (C=O) groups is 1. The normalized spacial score (nSPS) is 16.5. The van der Waals surface area contributed by atoms with Crippen LogP contribution in [0.1, 0.15) is 32.0 Å². The molecule has 1 N–H and O–H groups in total. The van der Waals surface area contributed by atoms with Crippen LogP contribution in [0.15, 0.2) is 29.1 Å². The summed E-state index contributed by atoms with van der Waals surface area (Å²) in [5.41, 5.74) is 0.540. The number of nitrogens with one attached hydrogen (secondary N) is 1. The van der Waals surface area contributed by atoms with E-state index in [9.17, 15) is 9.59 Å². The van der Waals surface area contributed by atoms with Gasteiger partial charge in [0.15, 0.2) is 0 Å². The molecule has 0 bridgehead atoms. The first kappa shape index (κ1) is 16.6. The summed E-state index contributed by atoms with van der Waals surface area (Å²) < 4.78 is 0. The average Bonchev–Trinajstić information content (AvgIpc) is 2.61. The molecular formula is C18H24N4O2. The van der Waals surface area contributed by atoms with Crippen molar-refractivity contribution in [2.45, 2.75) is 38.8 Å². The highest BCUT2D eigenvalue weighted by Gasteiger charge is 2.25. The van der Waals surface area contributed by atoms with E-state index >= 15 is 0 Å². The van der Waals surface area contributed by atoms with Crippen LogP contribution in [0.3, 0.4) is 0 Å². The number of piperidine rings is 1. The number of amides is 1. The number of para-hydroxylation sites is 1. The largest absolute Gasteiger partial charge is 0.341 e. The van der Waals surface area contributed by atoms with E-state index in [1.807, 2.05) is 42.0 Å². The lowest BCUT2D eigenvalue weighted by Gasteiger charge is -2.32. The number of hydrogen-bond donors (Lipinski definition) is 1. The van der Waals surface area contributed by atoms with Gasteiger partial charge in [-0.25, -0.2) is 4.98 Å². The Bertz CT molecular complexity index is 780. The minimum absolute atomic E-state index is 0.140. The first-order valence-electron chi connectivity index (χ1n) is 8.53. The van der Waals surface area contributed by atoms with Gasteiger partial charge in [0, 0.05) is 13.1 Å². The van der Waals surface area contributed by atoms with E-state index in [1.165, 1.54) is 6.42 Å². The molecule has 1 unspecified atom stereocenters. The Hall–Kier alpha value is -2.21. The number of fused-ring (bicyclic) bond motifs is 1. The number of likely N-dealkylation sites (tertiary alicyclic amines) is 1. The first-order chi connectivity index (χ1) is 11.6. The molecule has 1 aliphatic rings. The van der Waals surface area contributed by atoms with Gasteiger partial charge in [0.05, 0.1) is 23.5 Å². The Morgan fingerprint density at radius 3 is 2.75 bits per heavy atom. The fraction of sp³-hybridized carbons (Fsp3) is 0.500. The average molecular weight is 328 g/mol. The summed E-state index contributed by atoms with van der Waals surface area (Å²) in [7, 11) is 1.89. The summed E-state index contributed by atoms with van der Waals surface area (Å²) in [5.74, 6) is 0.736. The van der Waals surface area contributed by atoms with Crippen LogP contribution < -0.4 is 5.56 Å². The molecule has 1 atom stereocenters. The third-order valence-electron chi connectivity index (χ3n) is 4.75. The molecule has 6 nitrogen and oxygen atoms in total. The minimum Gasteiger partial charge on any atom is -0.341 e. The number of benzene rings is 1. The summed E-state index contributed by atoms with van der Waals surface area (Å²) in [6, 6.07) is 7.04. The molecule has 0 radical (unpaired) electrons. The second-order valence-corrected chi connectivity index (χ2v) is 6.51. The molecule has 24 heavy (non-hydrogen) atoms. The van der Waals surface area contributed by atoms with Gasteiger partial charge in [-0.05, 0) is 45.4 Å². The highest BCUT2D eigenvalue weighted by molar-refractivity contribution is 5.81. The van der Waals surface area contributed by atoms with Crippen LogP contribution in [0.4, 0.5) is 0 Å². The maximum atomic E-state index is 12.6. The molecule has 3 rings (SSSR count). The maximum absolute atomic E-state index is 12.6. The van der Waals surface area contributed by atoms with Crippen molar-refractivity contribution in [3.63, 3.8) is 0 Å². The van der Waals surface area contributed by atoms with E-state index in [4.69, 9.17) is 0 Å². The third-order valence-corrected chi connectivity index (χ3v) is 4.75. The van der Waals surface area contributed by atoms with Crippen molar-refractivity contribution >= 4 is 16.8 Å². The highest BCUT2D eigenvalue weighted by atomic mass is 16.2. The Balaban J connectivity index is 1.73. The summed E-state index contributed by atoms with van der Waals surface area (Å²) in [6.07, 6.45) is 3.37. The first-order valence-corrected chi connectivity index (χ1v) is 8.53. The number of aromatic amines is 1. The number of rotatable bonds is 4. The predicted molar refractivity (Wildman–Crippen MR) is 93.7 cm³/mol. The molecule has 1 aliphatic heterocycles. The second-order valence-electron chi connectivity index (χ2n) is 6.51. The van der Waals surface area contributed by atoms with Crippen LogP contribution in [0.25, 0.3) is 10.9 Å². The van der Waals surface area contributed by atoms with E-state index in [0.717, 1.165) is 25.9 Å². The Morgan fingerprint density at radius 2 is 2.00 bits per heavy atom. The summed E-state index contributed by atoms with van der Waals surface area (Å²) in [4.78, 5) is 36.0. The Labute approximate surface area is 141 Å². The van der Waals surface area contributed by atoms with Gasteiger partial charge in [0.2, 0.25) is 5.91 Å². The number of likely N-dealkylation sites (N-methyl/N-ethyl adjacent to an activating group) is 1. The molecule has 2 aromatic rings. The van der Waals surface area contributed by atoms with E-state index in [0.29, 0.717) is 23.3 Å². The molecule has 0 spiro atoms. The van der Waals surface area contributed by atoms with Gasteiger partial charge in [0.1, 0.15) is 5.82 Å². The lowest BCUT2D eigenvalue weighted by molar-refractivity contribution is -0.137. The summed E-state index contributed by atoms with van der Waals surface area (Å²) >= 11 is 0. The standard InChI is InChI=1S/C18H24N4O2/c1-13(18(24)22-10-6-3-7-11-22)21(2)12-16-19-15-9-5-4-8-14(15)17(23)20-16/h4-5,8-9,13H,3,6-7,10-12H2,1-2H3,(H,19,20,23). The third kappa shape index (κ3) is 3.48. The molecule has 0 saturated carbocycles. The fourth-order valence-electron chi connectivity index (χ4n) is 3.15. The van der Waals surface area contributed by atoms with Gasteiger partial charge >= 0.3 is 0 Å². The Kier molecular flexibility index (Phi) is 4.94. The van der Waals surface area contributed by atoms with Gasteiger partial charge in [-0.2, -0.15) is 0 Å². The molecule has 0 aliphatic carbocycles. The molecule has 2 heterocycles. The van der Waals surface area contributed by atoms with Gasteiger partial charge in [0.25, 0.3) is 5.56 Å². The van der Waals surface area contributed by atoms with Crippen molar-refractivity contribution in [1.29, 1.82) is 0 Å². The quantitative estimate of drug-likeness (QED) is 0.928. The molecule has 128 valence electrons. The molecule has 1 fully saturated rings. The van der Waals surface area contributed by atoms with E-state index in [1.54, 1.807) is 6.07 Å². The van der Waals surface area contributed by atoms with Crippen LogP contribution in [-0.4, -0.2) is 51.9 Å². The van der Waals surface area contributed by atoms with Crippen molar-refractivity contribution in [3.05, 3.63) is 40.4 Å². The van der Waals surface area contributed by atoms with Gasteiger partial charge in [-0.15, -0.1) is 0 Å². The summed E-state index contributed by atoms with van der Waals surface area (Å²) in [6.45, 7) is 4.04. The maximum Gasteiger partial charge on any atom is 0.258 e. The lowest BCUT2D eigenvalue weighted by Crippen LogP contribution is -2.47. The predicted octanol–water partition coefficient (Wildman–Crippen LogP) is 1.76. The Morgan fingerprint density at radius 1 is 1.29 bits per heavy atom. The zero-order valence-corrected chi connectivity index (χ0v) is 14.3. The molecule has 1 saturated heterocycles. The van der Waals surface area contributed by atoms with Gasteiger partial charge in [-0.1, -0.05) is 12.1 Å². The van der Waals surface area contributed by atoms with Gasteiger partial charge in [-0.3, -0.25) is 14.5 Å². The number of hydrogen-bond acceptors (Lipinski definition) is 4. The van der Waals surface area contributed by atoms with Crippen LogP contribution >= 0.6 is 0 Å². The van der Waals surface area contributed by atoms with E-state index < -0.39 is 0 Å². The summed E-state index contributed by atoms with van der Waals surface area (Å²) in [5, 5.41) is 0.585. The number of H-pyrrole nitrogens is 1. The van der Waals surface area contributed by atoms with Crippen LogP contribution in [-0.2, 0) is 11.3 Å². The minimum atomic E-state index is -0.236. The van der Waals surface area contributed by atoms with Gasteiger partial charge < -0.3 is 9.88 Å². The van der Waals surface area contributed by atoms with Crippen molar-refractivity contribution in [1.82, 2.24) is 19.8 Å². The second kappa shape index (κ2) is 7.13. The SMILES string of the molecule is CC(C(=O)N1CCCCC1)N(C)Cc1nc2ccccc2c(=O)[nH]1. The van der Waals surface area contributed by atoms with Crippen molar-refractivity contribution in [2.24, 2.45) is 0 Å². The lowest BCUT2D eigenvalue weighted by atomic mass is 10.1. The fourth-order valence-corrected chi connectivity index (χ4v) is 3.15. The smallest absolute Gasteiger partial charge is 0.258 e. The number of aromatic nitrogens is 2. The zero-order chi connectivity index (χ0) is 17.1. The van der Waals surface area contributed by atoms with E-state index in [2.05, 4.69) is 9.97 Å². The monoisotopic (exact) mass is 328 g/mol.